The molecule has 6 aromatic rings. The number of aromatic hydroxyl groups is 12. The molecule has 3 aliphatic heterocycles. The maximum Gasteiger partial charge on any atom is 0.200 e. The molecule has 18 nitrogen and oxygen atoms in total. The van der Waals surface area contributed by atoms with Gasteiger partial charge in [0.15, 0.2) is 69.7 Å². The fourth-order valence-electron chi connectivity index (χ4n) is 8.62. The van der Waals surface area contributed by atoms with Gasteiger partial charge >= 0.3 is 0 Å². The van der Waals surface area contributed by atoms with Crippen LogP contribution in [0.15, 0.2) is 66.7 Å². The highest BCUT2D eigenvalue weighted by molar-refractivity contribution is 5.96. The van der Waals surface area contributed by atoms with E-state index in [0.29, 0.717) is 0 Å². The molecule has 6 atom stereocenters. The third kappa shape index (κ3) is 6.46. The van der Waals surface area contributed by atoms with E-state index in [1.165, 1.54) is 18.2 Å². The first-order chi connectivity index (χ1) is 29.9. The Balaban J connectivity index is 1.27. The summed E-state index contributed by atoms with van der Waals surface area (Å²) in [5.41, 5.74) is -0.867. The first-order valence-electron chi connectivity index (χ1n) is 19.3. The molecule has 15 N–H and O–H groups in total. The van der Waals surface area contributed by atoms with Gasteiger partial charge in [0.2, 0.25) is 11.5 Å². The van der Waals surface area contributed by atoms with E-state index in [1.54, 1.807) is 0 Å². The van der Waals surface area contributed by atoms with E-state index in [0.717, 1.165) is 48.5 Å². The first-order valence-corrected chi connectivity index (χ1v) is 19.3. The highest BCUT2D eigenvalue weighted by atomic mass is 16.5. The van der Waals surface area contributed by atoms with Gasteiger partial charge in [-0.3, -0.25) is 0 Å². The zero-order valence-electron chi connectivity index (χ0n) is 32.4. The highest BCUT2D eigenvalue weighted by Gasteiger charge is 2.43. The maximum absolute atomic E-state index is 12.6. The number of rotatable bonds is 5. The van der Waals surface area contributed by atoms with Crippen LogP contribution in [0.4, 0.5) is 0 Å². The fraction of sp³-hybridized carbons (Fsp3) is 0.200. The predicted molar refractivity (Wildman–Crippen MR) is 216 cm³/mol. The number of hydrogen-bond acceptors (Lipinski definition) is 18. The van der Waals surface area contributed by atoms with Crippen molar-refractivity contribution in [2.45, 2.75) is 55.9 Å². The molecule has 9 rings (SSSR count). The number of phenolic OH excluding ortho intramolecular Hbond substituents is 12. The van der Waals surface area contributed by atoms with Crippen molar-refractivity contribution in [3.05, 3.63) is 100 Å². The van der Waals surface area contributed by atoms with Crippen molar-refractivity contribution in [2.24, 2.45) is 0 Å². The summed E-state index contributed by atoms with van der Waals surface area (Å²) in [6, 6.07) is 12.9. The van der Waals surface area contributed by atoms with Crippen LogP contribution in [0, 0.1) is 0 Å². The summed E-state index contributed by atoms with van der Waals surface area (Å²) in [4.78, 5) is 0. The van der Waals surface area contributed by atoms with Gasteiger partial charge in [0, 0.05) is 47.1 Å². The number of hydrogen-bond donors (Lipinski definition) is 15. The van der Waals surface area contributed by atoms with Crippen molar-refractivity contribution in [3.63, 3.8) is 0 Å². The van der Waals surface area contributed by atoms with Gasteiger partial charge in [-0.05, 0) is 65.2 Å². The van der Waals surface area contributed by atoms with E-state index in [-0.39, 0.29) is 74.4 Å². The lowest BCUT2D eigenvalue weighted by atomic mass is 9.81. The molecule has 0 fully saturated rings. The Labute approximate surface area is 354 Å². The zero-order chi connectivity index (χ0) is 44.9. The minimum atomic E-state index is -1.48. The van der Waals surface area contributed by atoms with Crippen molar-refractivity contribution >= 4 is 0 Å². The highest BCUT2D eigenvalue weighted by Crippen LogP contribution is 2.61. The lowest BCUT2D eigenvalue weighted by molar-refractivity contribution is 0.0183. The van der Waals surface area contributed by atoms with Gasteiger partial charge in [0.1, 0.15) is 23.4 Å². The topological polar surface area (TPSA) is 331 Å². The van der Waals surface area contributed by atoms with E-state index in [4.69, 9.17) is 14.2 Å². The number of benzene rings is 6. The molecule has 326 valence electrons. The van der Waals surface area contributed by atoms with Gasteiger partial charge in [-0.1, -0.05) is 18.2 Å². The Kier molecular flexibility index (Phi) is 9.46. The van der Waals surface area contributed by atoms with Crippen LogP contribution in [-0.4, -0.2) is 94.9 Å². The van der Waals surface area contributed by atoms with E-state index >= 15 is 0 Å². The summed E-state index contributed by atoms with van der Waals surface area (Å²) >= 11 is 0. The Bertz CT molecular complexity index is 2870. The van der Waals surface area contributed by atoms with Crippen LogP contribution in [0.5, 0.6) is 86.2 Å². The van der Waals surface area contributed by atoms with Gasteiger partial charge in [0.05, 0.1) is 29.4 Å². The summed E-state index contributed by atoms with van der Waals surface area (Å²) < 4.78 is 18.5. The second-order valence-corrected chi connectivity index (χ2v) is 15.6. The lowest BCUT2D eigenvalue weighted by Crippen LogP contribution is -2.32. The van der Waals surface area contributed by atoms with Crippen molar-refractivity contribution in [1.82, 2.24) is 0 Å². The molecule has 0 saturated heterocycles. The minimum absolute atomic E-state index is 0.0194. The molecule has 18 heteroatoms. The van der Waals surface area contributed by atoms with Crippen molar-refractivity contribution < 1.29 is 90.8 Å². The average molecular weight is 867 g/mol. The zero-order valence-corrected chi connectivity index (χ0v) is 32.4. The Morgan fingerprint density at radius 1 is 0.333 bits per heavy atom. The first kappa shape index (κ1) is 40.6. The van der Waals surface area contributed by atoms with Gasteiger partial charge in [0.25, 0.3) is 0 Å². The summed E-state index contributed by atoms with van der Waals surface area (Å²) in [6.45, 7) is 0. The predicted octanol–water partition coefficient (Wildman–Crippen LogP) is 4.60. The van der Waals surface area contributed by atoms with Gasteiger partial charge in [-0.15, -0.1) is 0 Å². The monoisotopic (exact) mass is 866 g/mol. The number of fused-ring (bicyclic) bond motifs is 3. The maximum atomic E-state index is 12.6. The molecule has 3 aliphatic rings. The van der Waals surface area contributed by atoms with Crippen molar-refractivity contribution in [2.75, 3.05) is 0 Å². The fourth-order valence-corrected chi connectivity index (χ4v) is 8.62. The average Bonchev–Trinajstić information content (AvgIpc) is 3.24. The van der Waals surface area contributed by atoms with Crippen LogP contribution in [-0.2, 0) is 19.3 Å². The number of aliphatic hydroxyl groups is 3. The molecule has 3 heterocycles. The Morgan fingerprint density at radius 3 is 1.06 bits per heavy atom. The molecule has 0 bridgehead atoms. The van der Waals surface area contributed by atoms with Gasteiger partial charge < -0.3 is 90.8 Å². The second-order valence-electron chi connectivity index (χ2n) is 15.6. The Hall–Kier alpha value is -7.80. The standard InChI is InChI=1S/C45H38O18/c46-23-4-1-15(7-26(23)49)40-33(56)14-22-36(57)34(18-10-29(52)37(58)44-20(18)12-31(54)41(62-44)16-2-5-24(47)27(50)8-16)39(60)35(43(22)61-40)19-11-30(53)38(59)45-21(19)13-32(55)42(63-45)17-3-6-25(48)28(51)9-17/h1-11,31-33,40-42,46-60H,12-14H2/t31-,32-,33-,40+,41+,42+/m0/s1. The van der Waals surface area contributed by atoms with Crippen molar-refractivity contribution in [3.8, 4) is 108 Å². The summed E-state index contributed by atoms with van der Waals surface area (Å²) in [5, 5.41) is 164. The van der Waals surface area contributed by atoms with E-state index < -0.39 is 123 Å². The van der Waals surface area contributed by atoms with Crippen LogP contribution >= 0.6 is 0 Å². The third-order valence-electron chi connectivity index (χ3n) is 11.7. The quantitative estimate of drug-likeness (QED) is 0.105. The van der Waals surface area contributed by atoms with Gasteiger partial charge in [-0.2, -0.15) is 0 Å². The van der Waals surface area contributed by atoms with Crippen LogP contribution < -0.4 is 14.2 Å². The molecule has 0 aliphatic carbocycles. The van der Waals surface area contributed by atoms with E-state index in [1.807, 2.05) is 0 Å². The van der Waals surface area contributed by atoms with Crippen LogP contribution in [0.2, 0.25) is 0 Å². The van der Waals surface area contributed by atoms with Crippen LogP contribution in [0.1, 0.15) is 51.7 Å². The Morgan fingerprint density at radius 2 is 0.683 bits per heavy atom. The summed E-state index contributed by atoms with van der Waals surface area (Å²) in [5.74, 6) is -8.79. The lowest BCUT2D eigenvalue weighted by Gasteiger charge is -2.36. The molecule has 63 heavy (non-hydrogen) atoms. The summed E-state index contributed by atoms with van der Waals surface area (Å²) in [6.07, 6.45) is -9.44. The smallest absolute Gasteiger partial charge is 0.200 e. The number of ether oxygens (including phenoxy) is 3. The van der Waals surface area contributed by atoms with E-state index in [2.05, 4.69) is 0 Å². The summed E-state index contributed by atoms with van der Waals surface area (Å²) in [7, 11) is 0. The molecule has 0 saturated carbocycles. The second kappa shape index (κ2) is 14.7. The SMILES string of the molecule is Oc1ccc([C@H]2Oc3c(O)c(O)cc(-c4c(O)c5c(c(-c6cc(O)c(O)c7c6C[C@H](O)[C@@H](c6ccc(O)c(O)c6)O7)c4O)O[C@H](c4ccc(O)c(O)c4)[C@@H](O)C5)c3C[C@@H]2O)cc1O. The normalized spacial score (nSPS) is 21.3. The minimum Gasteiger partial charge on any atom is -0.507 e. The van der Waals surface area contributed by atoms with Crippen LogP contribution in [0.3, 0.4) is 0 Å². The molecular formula is C45H38O18. The molecular weight excluding hydrogens is 828 g/mol. The molecule has 0 aromatic heterocycles. The number of aliphatic hydroxyl groups excluding tert-OH is 3. The van der Waals surface area contributed by atoms with Gasteiger partial charge in [-0.25, -0.2) is 0 Å². The number of phenols is 12. The van der Waals surface area contributed by atoms with Crippen molar-refractivity contribution in [1.29, 1.82) is 0 Å². The molecule has 0 amide bonds. The molecule has 0 radical (unpaired) electrons. The molecule has 6 aromatic carbocycles. The van der Waals surface area contributed by atoms with Crippen LogP contribution in [0.25, 0.3) is 22.3 Å². The third-order valence-corrected chi connectivity index (χ3v) is 11.7. The molecule has 0 unspecified atom stereocenters. The molecule has 0 spiro atoms. The van der Waals surface area contributed by atoms with E-state index in [9.17, 15) is 76.6 Å². The largest absolute Gasteiger partial charge is 0.507 e.